The summed E-state index contributed by atoms with van der Waals surface area (Å²) in [7, 11) is 0. The van der Waals surface area contributed by atoms with E-state index in [4.69, 9.17) is 14.9 Å². The summed E-state index contributed by atoms with van der Waals surface area (Å²) in [6, 6.07) is 0. The van der Waals surface area contributed by atoms with E-state index in [1.54, 1.807) is 0 Å². The van der Waals surface area contributed by atoms with Gasteiger partial charge in [-0.05, 0) is 13.3 Å². The Hall–Kier alpha value is -0.160. The normalized spacial score (nSPS) is 13.1. The lowest BCUT2D eigenvalue weighted by Crippen LogP contribution is -2.33. The van der Waals surface area contributed by atoms with Gasteiger partial charge in [-0.1, -0.05) is 45.4 Å². The molecule has 4 nitrogen and oxygen atoms in total. The van der Waals surface area contributed by atoms with Crippen molar-refractivity contribution in [3.05, 3.63) is 0 Å². The molecular formula is C16H35NO3. The fourth-order valence-electron chi connectivity index (χ4n) is 2.30. The number of hydrogen-bond donors (Lipinski definition) is 2. The predicted molar refractivity (Wildman–Crippen MR) is 84.0 cm³/mol. The quantitative estimate of drug-likeness (QED) is 0.455. The summed E-state index contributed by atoms with van der Waals surface area (Å²) in [5.74, 6) is 0. The first-order valence-electron chi connectivity index (χ1n) is 8.30. The highest BCUT2D eigenvalue weighted by molar-refractivity contribution is 4.57. The van der Waals surface area contributed by atoms with Gasteiger partial charge in [-0.3, -0.25) is 4.90 Å². The number of rotatable bonds is 15. The van der Waals surface area contributed by atoms with Gasteiger partial charge >= 0.3 is 0 Å². The van der Waals surface area contributed by atoms with Crippen LogP contribution >= 0.6 is 0 Å². The standard InChI is InChI=1S/C16H35NO3/c1-3-4-5-6-7-8-9-16(2)20-15-12-17(10-13-18)11-14-19/h16,18-19H,3-15H2,1-2H3. The zero-order valence-electron chi connectivity index (χ0n) is 13.5. The average Bonchev–Trinajstić information content (AvgIpc) is 2.43. The van der Waals surface area contributed by atoms with Crippen LogP contribution in [0.15, 0.2) is 0 Å². The third-order valence-corrected chi connectivity index (χ3v) is 3.61. The molecule has 0 heterocycles. The number of aliphatic hydroxyl groups is 2. The van der Waals surface area contributed by atoms with Gasteiger partial charge in [-0.25, -0.2) is 0 Å². The smallest absolute Gasteiger partial charge is 0.0597 e. The zero-order valence-corrected chi connectivity index (χ0v) is 13.5. The third-order valence-electron chi connectivity index (χ3n) is 3.61. The van der Waals surface area contributed by atoms with Crippen LogP contribution in [0, 0.1) is 0 Å². The van der Waals surface area contributed by atoms with E-state index in [1.807, 2.05) is 4.90 Å². The first-order valence-corrected chi connectivity index (χ1v) is 8.30. The van der Waals surface area contributed by atoms with E-state index in [9.17, 15) is 0 Å². The number of aliphatic hydroxyl groups excluding tert-OH is 2. The summed E-state index contributed by atoms with van der Waals surface area (Å²) in [6.45, 7) is 7.31. The topological polar surface area (TPSA) is 52.9 Å². The molecule has 4 heteroatoms. The minimum Gasteiger partial charge on any atom is -0.395 e. The maximum absolute atomic E-state index is 8.91. The van der Waals surface area contributed by atoms with Gasteiger partial charge in [0.25, 0.3) is 0 Å². The van der Waals surface area contributed by atoms with Crippen LogP contribution < -0.4 is 0 Å². The molecule has 0 aromatic heterocycles. The number of unbranched alkanes of at least 4 members (excludes halogenated alkanes) is 5. The lowest BCUT2D eigenvalue weighted by molar-refractivity contribution is 0.0362. The molecule has 0 bridgehead atoms. The second-order valence-electron chi connectivity index (χ2n) is 5.53. The molecule has 0 aromatic carbocycles. The van der Waals surface area contributed by atoms with Crippen molar-refractivity contribution in [2.75, 3.05) is 39.5 Å². The van der Waals surface area contributed by atoms with Gasteiger partial charge in [0.2, 0.25) is 0 Å². The number of hydrogen-bond acceptors (Lipinski definition) is 4. The Bertz CT molecular complexity index is 185. The predicted octanol–water partition coefficient (Wildman–Crippen LogP) is 2.43. The largest absolute Gasteiger partial charge is 0.395 e. The molecule has 1 unspecified atom stereocenters. The van der Waals surface area contributed by atoms with E-state index < -0.39 is 0 Å². The molecule has 0 saturated heterocycles. The molecule has 0 aromatic rings. The van der Waals surface area contributed by atoms with E-state index in [-0.39, 0.29) is 13.2 Å². The SMILES string of the molecule is CCCCCCCCC(C)OCCN(CCO)CCO. The second-order valence-corrected chi connectivity index (χ2v) is 5.53. The van der Waals surface area contributed by atoms with Crippen molar-refractivity contribution in [1.29, 1.82) is 0 Å². The monoisotopic (exact) mass is 289 g/mol. The van der Waals surface area contributed by atoms with Crippen LogP contribution in [0.25, 0.3) is 0 Å². The summed E-state index contributed by atoms with van der Waals surface area (Å²) in [4.78, 5) is 2.03. The fraction of sp³-hybridized carbons (Fsp3) is 1.00. The first kappa shape index (κ1) is 19.8. The highest BCUT2D eigenvalue weighted by Crippen LogP contribution is 2.10. The molecule has 0 aliphatic heterocycles. The maximum Gasteiger partial charge on any atom is 0.0597 e. The van der Waals surface area contributed by atoms with Crippen molar-refractivity contribution in [2.24, 2.45) is 0 Å². The summed E-state index contributed by atoms with van der Waals surface area (Å²) in [6.07, 6.45) is 9.38. The third kappa shape index (κ3) is 12.9. The summed E-state index contributed by atoms with van der Waals surface area (Å²) < 4.78 is 5.79. The molecule has 0 fully saturated rings. The van der Waals surface area contributed by atoms with Crippen molar-refractivity contribution in [3.63, 3.8) is 0 Å². The first-order chi connectivity index (χ1) is 9.74. The Balaban J connectivity index is 3.44. The van der Waals surface area contributed by atoms with Crippen molar-refractivity contribution in [1.82, 2.24) is 4.90 Å². The Kier molecular flexibility index (Phi) is 15.1. The molecular weight excluding hydrogens is 254 g/mol. The molecule has 122 valence electrons. The van der Waals surface area contributed by atoms with Crippen molar-refractivity contribution in [3.8, 4) is 0 Å². The fourth-order valence-corrected chi connectivity index (χ4v) is 2.30. The minimum atomic E-state index is 0.132. The Morgan fingerprint density at radius 3 is 2.10 bits per heavy atom. The zero-order chi connectivity index (χ0) is 15.1. The Labute approximate surface area is 125 Å². The number of ether oxygens (including phenoxy) is 1. The van der Waals surface area contributed by atoms with Crippen LogP contribution in [0.5, 0.6) is 0 Å². The van der Waals surface area contributed by atoms with Crippen LogP contribution in [-0.4, -0.2) is 60.7 Å². The molecule has 0 rings (SSSR count). The lowest BCUT2D eigenvalue weighted by atomic mass is 10.1. The minimum absolute atomic E-state index is 0.132. The van der Waals surface area contributed by atoms with Gasteiger partial charge in [0.05, 0.1) is 25.9 Å². The van der Waals surface area contributed by atoms with Crippen LogP contribution in [-0.2, 0) is 4.74 Å². The van der Waals surface area contributed by atoms with E-state index >= 15 is 0 Å². The van der Waals surface area contributed by atoms with Crippen LogP contribution in [0.2, 0.25) is 0 Å². The van der Waals surface area contributed by atoms with E-state index in [0.717, 1.165) is 13.0 Å². The van der Waals surface area contributed by atoms with E-state index in [1.165, 1.54) is 38.5 Å². The van der Waals surface area contributed by atoms with Crippen LogP contribution in [0.1, 0.15) is 58.8 Å². The highest BCUT2D eigenvalue weighted by atomic mass is 16.5. The van der Waals surface area contributed by atoms with Gasteiger partial charge in [-0.2, -0.15) is 0 Å². The molecule has 0 spiro atoms. The maximum atomic E-state index is 8.91. The Morgan fingerprint density at radius 1 is 0.900 bits per heavy atom. The summed E-state index contributed by atoms with van der Waals surface area (Å²) in [5.41, 5.74) is 0. The molecule has 20 heavy (non-hydrogen) atoms. The van der Waals surface area contributed by atoms with Gasteiger partial charge < -0.3 is 14.9 Å². The molecule has 1 atom stereocenters. The van der Waals surface area contributed by atoms with E-state index in [2.05, 4.69) is 13.8 Å². The Morgan fingerprint density at radius 2 is 1.50 bits per heavy atom. The number of nitrogens with zero attached hydrogens (tertiary/aromatic N) is 1. The van der Waals surface area contributed by atoms with E-state index in [0.29, 0.717) is 25.8 Å². The van der Waals surface area contributed by atoms with Crippen molar-refractivity contribution in [2.45, 2.75) is 64.9 Å². The second kappa shape index (κ2) is 15.2. The molecule has 0 aliphatic rings. The van der Waals surface area contributed by atoms with Gasteiger partial charge in [-0.15, -0.1) is 0 Å². The van der Waals surface area contributed by atoms with Crippen molar-refractivity contribution >= 4 is 0 Å². The van der Waals surface area contributed by atoms with Gasteiger partial charge in [0.1, 0.15) is 0 Å². The summed E-state index contributed by atoms with van der Waals surface area (Å²) in [5, 5.41) is 17.8. The highest BCUT2D eigenvalue weighted by Gasteiger charge is 2.06. The van der Waals surface area contributed by atoms with Gasteiger partial charge in [0, 0.05) is 19.6 Å². The summed E-state index contributed by atoms with van der Waals surface area (Å²) >= 11 is 0. The van der Waals surface area contributed by atoms with Gasteiger partial charge in [0.15, 0.2) is 0 Å². The molecule has 0 aliphatic carbocycles. The molecule has 0 radical (unpaired) electrons. The van der Waals surface area contributed by atoms with Crippen LogP contribution in [0.4, 0.5) is 0 Å². The molecule has 0 amide bonds. The van der Waals surface area contributed by atoms with Crippen LogP contribution in [0.3, 0.4) is 0 Å². The molecule has 0 saturated carbocycles. The lowest BCUT2D eigenvalue weighted by Gasteiger charge is -2.21. The van der Waals surface area contributed by atoms with Crippen molar-refractivity contribution < 1.29 is 14.9 Å². The molecule has 2 N–H and O–H groups in total. The average molecular weight is 289 g/mol.